The van der Waals surface area contributed by atoms with Crippen molar-refractivity contribution >= 4 is 40.5 Å². The van der Waals surface area contributed by atoms with Gasteiger partial charge in [-0.25, -0.2) is 0 Å². The van der Waals surface area contributed by atoms with E-state index in [-0.39, 0.29) is 11.3 Å². The van der Waals surface area contributed by atoms with Gasteiger partial charge in [-0.2, -0.15) is 18.4 Å². The number of amides is 1. The molecule has 26 heavy (non-hydrogen) atoms. The minimum absolute atomic E-state index is 0.0185. The molecule has 4 nitrogen and oxygen atoms in total. The zero-order valence-corrected chi connectivity index (χ0v) is 14.4. The highest BCUT2D eigenvalue weighted by atomic mass is 35.5. The fourth-order valence-electron chi connectivity index (χ4n) is 1.90. The van der Waals surface area contributed by atoms with Crippen molar-refractivity contribution in [1.82, 2.24) is 0 Å². The summed E-state index contributed by atoms with van der Waals surface area (Å²) in [5.41, 5.74) is -0.979. The number of rotatable bonds is 4. The lowest BCUT2D eigenvalue weighted by molar-refractivity contribution is -0.137. The van der Waals surface area contributed by atoms with Crippen LogP contribution in [-0.2, 0) is 11.0 Å². The molecule has 0 saturated heterocycles. The van der Waals surface area contributed by atoms with Crippen LogP contribution in [0.15, 0.2) is 54.2 Å². The summed E-state index contributed by atoms with van der Waals surface area (Å²) in [5.74, 6) is -0.743. The Kier molecular flexibility index (Phi) is 6.14. The highest BCUT2D eigenvalue weighted by Crippen LogP contribution is 2.36. The molecule has 9 heteroatoms. The molecule has 0 atom stereocenters. The maximum Gasteiger partial charge on any atom is 0.417 e. The molecular weight excluding hydrogens is 390 g/mol. The highest BCUT2D eigenvalue weighted by Gasteiger charge is 2.33. The zero-order valence-electron chi connectivity index (χ0n) is 12.9. The summed E-state index contributed by atoms with van der Waals surface area (Å²) in [4.78, 5) is 12.1. The van der Waals surface area contributed by atoms with E-state index in [0.29, 0.717) is 10.7 Å². The van der Waals surface area contributed by atoms with Gasteiger partial charge in [0.2, 0.25) is 0 Å². The number of nitrogens with one attached hydrogen (secondary N) is 2. The lowest BCUT2D eigenvalue weighted by Gasteiger charge is -2.11. The SMILES string of the molecule is N#C/C(=C/Nc1ccc(Cl)c(C(F)(F)F)c1)C(=O)Nc1cccc(Cl)c1. The van der Waals surface area contributed by atoms with Crippen molar-refractivity contribution in [3.8, 4) is 6.07 Å². The standard InChI is InChI=1S/C17H10Cl2F3N3O/c18-11-2-1-3-13(6-11)25-16(26)10(8-23)9-24-12-4-5-15(19)14(7-12)17(20,21)22/h1-7,9,24H,(H,25,26)/b10-9-. The summed E-state index contributed by atoms with van der Waals surface area (Å²) in [5, 5.41) is 14.0. The lowest BCUT2D eigenvalue weighted by Crippen LogP contribution is -2.14. The first-order valence-electron chi connectivity index (χ1n) is 7.01. The van der Waals surface area contributed by atoms with Crippen LogP contribution in [0, 0.1) is 11.3 Å². The predicted octanol–water partition coefficient (Wildman–Crippen LogP) is 5.47. The van der Waals surface area contributed by atoms with Crippen LogP contribution in [0.1, 0.15) is 5.56 Å². The Labute approximate surface area is 156 Å². The number of carbonyl (C=O) groups excluding carboxylic acids is 1. The van der Waals surface area contributed by atoms with Gasteiger partial charge in [0.1, 0.15) is 11.6 Å². The van der Waals surface area contributed by atoms with E-state index in [2.05, 4.69) is 10.6 Å². The minimum atomic E-state index is -4.62. The van der Waals surface area contributed by atoms with Crippen LogP contribution < -0.4 is 10.6 Å². The van der Waals surface area contributed by atoms with Crippen LogP contribution in [0.2, 0.25) is 10.0 Å². The van der Waals surface area contributed by atoms with Gasteiger partial charge in [0.15, 0.2) is 0 Å². The third kappa shape index (κ3) is 5.15. The van der Waals surface area contributed by atoms with Gasteiger partial charge in [-0.1, -0.05) is 29.3 Å². The first-order valence-corrected chi connectivity index (χ1v) is 7.77. The minimum Gasteiger partial charge on any atom is -0.360 e. The molecule has 0 heterocycles. The van der Waals surface area contributed by atoms with Crippen LogP contribution in [0.3, 0.4) is 0 Å². The topological polar surface area (TPSA) is 64.9 Å². The van der Waals surface area contributed by atoms with E-state index >= 15 is 0 Å². The molecular formula is C17H10Cl2F3N3O. The second-order valence-corrected chi connectivity index (χ2v) is 5.81. The van der Waals surface area contributed by atoms with Crippen LogP contribution >= 0.6 is 23.2 Å². The van der Waals surface area contributed by atoms with E-state index < -0.39 is 22.7 Å². The van der Waals surface area contributed by atoms with Gasteiger partial charge < -0.3 is 10.6 Å². The smallest absolute Gasteiger partial charge is 0.360 e. The van der Waals surface area contributed by atoms with Crippen molar-refractivity contribution < 1.29 is 18.0 Å². The lowest BCUT2D eigenvalue weighted by atomic mass is 10.2. The van der Waals surface area contributed by atoms with Crippen molar-refractivity contribution in [3.05, 3.63) is 69.8 Å². The Morgan fingerprint density at radius 1 is 1.12 bits per heavy atom. The molecule has 2 N–H and O–H groups in total. The number of nitriles is 1. The largest absolute Gasteiger partial charge is 0.417 e. The number of halogens is 5. The Bertz CT molecular complexity index is 905. The molecule has 0 aliphatic rings. The number of anilines is 2. The van der Waals surface area contributed by atoms with Gasteiger partial charge in [-0.15, -0.1) is 0 Å². The first kappa shape index (κ1) is 19.6. The summed E-state index contributed by atoms with van der Waals surface area (Å²) in [6.45, 7) is 0. The summed E-state index contributed by atoms with van der Waals surface area (Å²) in [6.07, 6.45) is -3.62. The molecule has 0 aromatic heterocycles. The van der Waals surface area contributed by atoms with E-state index in [1.807, 2.05) is 0 Å². The Morgan fingerprint density at radius 2 is 1.85 bits per heavy atom. The van der Waals surface area contributed by atoms with E-state index in [4.69, 9.17) is 28.5 Å². The Morgan fingerprint density at radius 3 is 2.46 bits per heavy atom. The molecule has 134 valence electrons. The number of alkyl halides is 3. The summed E-state index contributed by atoms with van der Waals surface area (Å²) in [7, 11) is 0. The second-order valence-electron chi connectivity index (χ2n) is 4.97. The molecule has 2 aromatic carbocycles. The maximum atomic E-state index is 12.8. The van der Waals surface area contributed by atoms with Crippen LogP contribution in [0.5, 0.6) is 0 Å². The van der Waals surface area contributed by atoms with E-state index in [1.54, 1.807) is 24.3 Å². The molecule has 0 fully saturated rings. The molecule has 0 bridgehead atoms. The van der Waals surface area contributed by atoms with Gasteiger partial charge >= 0.3 is 6.18 Å². The van der Waals surface area contributed by atoms with Gasteiger partial charge in [0, 0.05) is 22.6 Å². The van der Waals surface area contributed by atoms with Crippen molar-refractivity contribution in [2.45, 2.75) is 6.18 Å². The van der Waals surface area contributed by atoms with Crippen LogP contribution in [0.25, 0.3) is 0 Å². The normalized spacial score (nSPS) is 11.6. The van der Waals surface area contributed by atoms with Gasteiger partial charge in [-0.3, -0.25) is 4.79 Å². The molecule has 2 aromatic rings. The number of hydrogen-bond acceptors (Lipinski definition) is 3. The van der Waals surface area contributed by atoms with E-state index in [1.165, 1.54) is 12.1 Å². The fourth-order valence-corrected chi connectivity index (χ4v) is 2.32. The monoisotopic (exact) mass is 399 g/mol. The van der Waals surface area contributed by atoms with E-state index in [9.17, 15) is 18.0 Å². The van der Waals surface area contributed by atoms with Crippen molar-refractivity contribution in [2.24, 2.45) is 0 Å². The predicted molar refractivity (Wildman–Crippen MR) is 93.9 cm³/mol. The molecule has 0 aliphatic heterocycles. The Hall–Kier alpha value is -2.69. The van der Waals surface area contributed by atoms with Crippen LogP contribution in [-0.4, -0.2) is 5.91 Å². The van der Waals surface area contributed by atoms with Crippen molar-refractivity contribution in [2.75, 3.05) is 10.6 Å². The molecule has 0 unspecified atom stereocenters. The number of hydrogen-bond donors (Lipinski definition) is 2. The maximum absolute atomic E-state index is 12.8. The second kappa shape index (κ2) is 8.13. The average molecular weight is 400 g/mol. The molecule has 0 spiro atoms. The fraction of sp³-hybridized carbons (Fsp3) is 0.0588. The molecule has 2 rings (SSSR count). The number of carbonyl (C=O) groups is 1. The first-order chi connectivity index (χ1) is 12.2. The quantitative estimate of drug-likeness (QED) is 0.529. The van der Waals surface area contributed by atoms with E-state index in [0.717, 1.165) is 18.3 Å². The third-order valence-electron chi connectivity index (χ3n) is 3.10. The molecule has 0 aliphatic carbocycles. The number of benzene rings is 2. The average Bonchev–Trinajstić information content (AvgIpc) is 2.55. The van der Waals surface area contributed by atoms with Crippen molar-refractivity contribution in [3.63, 3.8) is 0 Å². The summed E-state index contributed by atoms with van der Waals surface area (Å²) in [6, 6.07) is 11.1. The summed E-state index contributed by atoms with van der Waals surface area (Å²) < 4.78 is 38.5. The van der Waals surface area contributed by atoms with Crippen molar-refractivity contribution in [1.29, 1.82) is 5.26 Å². The third-order valence-corrected chi connectivity index (χ3v) is 3.67. The Balaban J connectivity index is 2.17. The highest BCUT2D eigenvalue weighted by molar-refractivity contribution is 6.31. The van der Waals surface area contributed by atoms with Crippen LogP contribution in [0.4, 0.5) is 24.5 Å². The molecule has 0 saturated carbocycles. The van der Waals surface area contributed by atoms with Gasteiger partial charge in [0.25, 0.3) is 5.91 Å². The molecule has 0 radical (unpaired) electrons. The zero-order chi connectivity index (χ0) is 19.3. The number of nitrogens with zero attached hydrogens (tertiary/aromatic N) is 1. The van der Waals surface area contributed by atoms with Gasteiger partial charge in [0.05, 0.1) is 10.6 Å². The van der Waals surface area contributed by atoms with Gasteiger partial charge in [-0.05, 0) is 36.4 Å². The molecule has 1 amide bonds. The summed E-state index contributed by atoms with van der Waals surface area (Å²) >= 11 is 11.3.